The highest BCUT2D eigenvalue weighted by Gasteiger charge is 2.32. The molecule has 2 atom stereocenters. The minimum absolute atomic E-state index is 0.0804. The zero-order valence-corrected chi connectivity index (χ0v) is 26.0. The van der Waals surface area contributed by atoms with Crippen LogP contribution in [0.4, 0.5) is 4.79 Å². The second-order valence-corrected chi connectivity index (χ2v) is 13.3. The van der Waals surface area contributed by atoms with E-state index in [1.165, 1.54) is 28.6 Å². The Morgan fingerprint density at radius 1 is 0.905 bits per heavy atom. The van der Waals surface area contributed by atoms with Crippen LogP contribution in [-0.4, -0.2) is 66.7 Å². The molecule has 0 heterocycles. The van der Waals surface area contributed by atoms with Gasteiger partial charge in [0, 0.05) is 32.5 Å². The van der Waals surface area contributed by atoms with E-state index in [1.54, 1.807) is 20.8 Å². The van der Waals surface area contributed by atoms with Gasteiger partial charge < -0.3 is 24.6 Å². The highest BCUT2D eigenvalue weighted by Crippen LogP contribution is 2.24. The maximum Gasteiger partial charge on any atom is 0.407 e. The standard InChI is InChI=1S/C30H42N2O9S/c1-20(2)18-32(42(37,38)25-15-13-24(14-16-25)28(39-21(3)33)40-22(4)34)19-27(35)26(17-23-11-9-8-10-12-23)31-29(36)41-30(5,6)7/h8-16,20,26-28,35H,17-19H2,1-7H3,(H,31,36)/t26-,27+/m0/s1. The minimum Gasteiger partial charge on any atom is -0.444 e. The van der Waals surface area contributed by atoms with Crippen molar-refractivity contribution in [3.63, 3.8) is 0 Å². The lowest BCUT2D eigenvalue weighted by Gasteiger charge is -2.31. The molecule has 2 rings (SSSR count). The molecule has 0 saturated carbocycles. The SMILES string of the molecule is CC(=O)OC(OC(C)=O)c1ccc(S(=O)(=O)N(CC(C)C)C[C@@H](O)[C@H](Cc2ccccc2)NC(=O)OC(C)(C)C)cc1. The summed E-state index contributed by atoms with van der Waals surface area (Å²) in [5, 5.41) is 14.0. The predicted molar refractivity (Wildman–Crippen MR) is 156 cm³/mol. The molecular weight excluding hydrogens is 564 g/mol. The van der Waals surface area contributed by atoms with E-state index in [9.17, 15) is 27.9 Å². The monoisotopic (exact) mass is 606 g/mol. The molecule has 0 unspecified atom stereocenters. The zero-order valence-electron chi connectivity index (χ0n) is 25.2. The normalized spacial score (nSPS) is 13.5. The predicted octanol–water partition coefficient (Wildman–Crippen LogP) is 3.96. The molecule has 2 N–H and O–H groups in total. The van der Waals surface area contributed by atoms with Gasteiger partial charge in [0.15, 0.2) is 0 Å². The highest BCUT2D eigenvalue weighted by molar-refractivity contribution is 7.89. The number of carbonyl (C=O) groups excluding carboxylic acids is 3. The summed E-state index contributed by atoms with van der Waals surface area (Å²) in [7, 11) is -4.13. The van der Waals surface area contributed by atoms with Crippen molar-refractivity contribution in [2.75, 3.05) is 13.1 Å². The van der Waals surface area contributed by atoms with Crippen molar-refractivity contribution in [1.29, 1.82) is 0 Å². The first-order valence-corrected chi connectivity index (χ1v) is 15.1. The van der Waals surface area contributed by atoms with Crippen LogP contribution in [0.3, 0.4) is 0 Å². The number of amides is 1. The number of carbonyl (C=O) groups is 3. The van der Waals surface area contributed by atoms with Crippen molar-refractivity contribution in [2.24, 2.45) is 5.92 Å². The quantitative estimate of drug-likeness (QED) is 0.255. The van der Waals surface area contributed by atoms with Crippen LogP contribution in [0.5, 0.6) is 0 Å². The molecule has 0 radical (unpaired) electrons. The largest absolute Gasteiger partial charge is 0.444 e. The van der Waals surface area contributed by atoms with Gasteiger partial charge in [-0.05, 0) is 50.8 Å². The maximum absolute atomic E-state index is 13.8. The van der Waals surface area contributed by atoms with Gasteiger partial charge in [0.1, 0.15) is 5.60 Å². The minimum atomic E-state index is -4.13. The van der Waals surface area contributed by atoms with Crippen LogP contribution in [0.25, 0.3) is 0 Å². The lowest BCUT2D eigenvalue weighted by atomic mass is 10.0. The summed E-state index contributed by atoms with van der Waals surface area (Å²) in [6.45, 7) is 11.0. The number of alkyl carbamates (subject to hydrolysis) is 1. The topological polar surface area (TPSA) is 149 Å². The number of hydrogen-bond acceptors (Lipinski definition) is 9. The van der Waals surface area contributed by atoms with Gasteiger partial charge in [0.05, 0.1) is 17.0 Å². The van der Waals surface area contributed by atoms with Crippen molar-refractivity contribution in [3.8, 4) is 0 Å². The first-order valence-electron chi connectivity index (χ1n) is 13.6. The van der Waals surface area contributed by atoms with Crippen LogP contribution < -0.4 is 5.32 Å². The smallest absolute Gasteiger partial charge is 0.407 e. The van der Waals surface area contributed by atoms with Gasteiger partial charge >= 0.3 is 18.0 Å². The Hall–Kier alpha value is -3.48. The van der Waals surface area contributed by atoms with Crippen LogP contribution in [0.2, 0.25) is 0 Å². The fourth-order valence-electron chi connectivity index (χ4n) is 4.03. The summed E-state index contributed by atoms with van der Waals surface area (Å²) >= 11 is 0. The fraction of sp³-hybridized carbons (Fsp3) is 0.500. The number of esters is 2. The number of ether oxygens (including phenoxy) is 3. The fourth-order valence-corrected chi connectivity index (χ4v) is 5.65. The van der Waals surface area contributed by atoms with Gasteiger partial charge in [0.2, 0.25) is 10.0 Å². The Morgan fingerprint density at radius 3 is 1.93 bits per heavy atom. The highest BCUT2D eigenvalue weighted by atomic mass is 32.2. The molecule has 0 aromatic heterocycles. The van der Waals surface area contributed by atoms with Crippen molar-refractivity contribution in [1.82, 2.24) is 9.62 Å². The van der Waals surface area contributed by atoms with E-state index in [4.69, 9.17) is 14.2 Å². The Morgan fingerprint density at radius 2 is 1.45 bits per heavy atom. The van der Waals surface area contributed by atoms with E-state index in [-0.39, 0.29) is 35.9 Å². The lowest BCUT2D eigenvalue weighted by Crippen LogP contribution is -2.51. The van der Waals surface area contributed by atoms with Crippen molar-refractivity contribution in [2.45, 2.75) is 83.8 Å². The Kier molecular flexibility index (Phi) is 12.5. The number of sulfonamides is 1. The third-order valence-corrected chi connectivity index (χ3v) is 7.61. The van der Waals surface area contributed by atoms with Crippen molar-refractivity contribution < 1.29 is 42.1 Å². The van der Waals surface area contributed by atoms with Crippen molar-refractivity contribution >= 4 is 28.1 Å². The molecule has 2 aromatic rings. The number of nitrogens with one attached hydrogen (secondary N) is 1. The second kappa shape index (κ2) is 15.1. The van der Waals surface area contributed by atoms with E-state index >= 15 is 0 Å². The Bertz CT molecular complexity index is 1270. The lowest BCUT2D eigenvalue weighted by molar-refractivity contribution is -0.186. The summed E-state index contributed by atoms with van der Waals surface area (Å²) in [5.74, 6) is -1.45. The molecule has 42 heavy (non-hydrogen) atoms. The van der Waals surface area contributed by atoms with E-state index in [1.807, 2.05) is 44.2 Å². The molecule has 2 aromatic carbocycles. The van der Waals surface area contributed by atoms with Gasteiger partial charge in [-0.15, -0.1) is 0 Å². The molecule has 0 spiro atoms. The number of rotatable bonds is 13. The summed E-state index contributed by atoms with van der Waals surface area (Å²) in [6, 6.07) is 13.7. The van der Waals surface area contributed by atoms with Crippen LogP contribution in [0.1, 0.15) is 65.9 Å². The van der Waals surface area contributed by atoms with Crippen LogP contribution in [0.15, 0.2) is 59.5 Å². The average Bonchev–Trinajstić information content (AvgIpc) is 2.86. The second-order valence-electron chi connectivity index (χ2n) is 11.3. The molecule has 0 bridgehead atoms. The van der Waals surface area contributed by atoms with Gasteiger partial charge in [-0.1, -0.05) is 56.3 Å². The molecule has 0 aliphatic carbocycles. The van der Waals surface area contributed by atoms with Gasteiger partial charge in [-0.3, -0.25) is 9.59 Å². The molecule has 0 aliphatic heterocycles. The average molecular weight is 607 g/mol. The summed E-state index contributed by atoms with van der Waals surface area (Å²) < 4.78 is 44.2. The molecule has 11 nitrogen and oxygen atoms in total. The summed E-state index contributed by atoms with van der Waals surface area (Å²) in [5.41, 5.74) is 0.330. The van der Waals surface area contributed by atoms with Gasteiger partial charge in [0.25, 0.3) is 6.29 Å². The summed E-state index contributed by atoms with van der Waals surface area (Å²) in [6.07, 6.45) is -3.11. The molecular formula is C30H42N2O9S. The maximum atomic E-state index is 13.8. The van der Waals surface area contributed by atoms with Crippen LogP contribution >= 0.6 is 0 Å². The number of benzene rings is 2. The molecule has 0 aliphatic rings. The van der Waals surface area contributed by atoms with Gasteiger partial charge in [-0.25, -0.2) is 13.2 Å². The van der Waals surface area contributed by atoms with Crippen LogP contribution in [0, 0.1) is 5.92 Å². The third kappa shape index (κ3) is 11.4. The number of aliphatic hydroxyl groups is 1. The molecule has 0 fully saturated rings. The van der Waals surface area contributed by atoms with Crippen molar-refractivity contribution in [3.05, 3.63) is 65.7 Å². The van der Waals surface area contributed by atoms with Crippen LogP contribution in [-0.2, 0) is 40.2 Å². The molecule has 1 amide bonds. The molecule has 12 heteroatoms. The number of nitrogens with zero attached hydrogens (tertiary/aromatic N) is 1. The van der Waals surface area contributed by atoms with E-state index in [0.717, 1.165) is 19.4 Å². The molecule has 0 saturated heterocycles. The van der Waals surface area contributed by atoms with Gasteiger partial charge in [-0.2, -0.15) is 4.31 Å². The number of hydrogen-bond donors (Lipinski definition) is 2. The van der Waals surface area contributed by atoms with E-state index < -0.39 is 52.1 Å². The Labute approximate surface area is 248 Å². The summed E-state index contributed by atoms with van der Waals surface area (Å²) in [4.78, 5) is 35.5. The third-order valence-electron chi connectivity index (χ3n) is 5.76. The first-order chi connectivity index (χ1) is 19.5. The molecule has 232 valence electrons. The van der Waals surface area contributed by atoms with E-state index in [0.29, 0.717) is 0 Å². The van der Waals surface area contributed by atoms with E-state index in [2.05, 4.69) is 5.32 Å². The first kappa shape index (κ1) is 34.7. The zero-order chi connectivity index (χ0) is 31.7. The number of aliphatic hydroxyl groups excluding tert-OH is 1. The Balaban J connectivity index is 2.36.